The number of amides is 2. The SMILES string of the molecule is C=CC(=O)N1CCC(C(=O)NCc2nnc(C(C)C)n2C)CC1. The van der Waals surface area contributed by atoms with Gasteiger partial charge >= 0.3 is 0 Å². The molecule has 2 heterocycles. The number of likely N-dealkylation sites (tertiary alicyclic amines) is 1. The zero-order valence-electron chi connectivity index (χ0n) is 14.1. The molecule has 2 amide bonds. The first-order valence-electron chi connectivity index (χ1n) is 8.01. The lowest BCUT2D eigenvalue weighted by molar-refractivity contribution is -0.132. The van der Waals surface area contributed by atoms with Gasteiger partial charge in [0.2, 0.25) is 11.8 Å². The van der Waals surface area contributed by atoms with Crippen molar-refractivity contribution in [2.75, 3.05) is 13.1 Å². The van der Waals surface area contributed by atoms with Crippen molar-refractivity contribution in [2.45, 2.75) is 39.2 Å². The zero-order valence-corrected chi connectivity index (χ0v) is 14.1. The van der Waals surface area contributed by atoms with Crippen molar-refractivity contribution >= 4 is 11.8 Å². The van der Waals surface area contributed by atoms with Crippen molar-refractivity contribution in [1.29, 1.82) is 0 Å². The Bertz CT molecular complexity index is 585. The Morgan fingerprint density at radius 1 is 1.35 bits per heavy atom. The van der Waals surface area contributed by atoms with E-state index < -0.39 is 0 Å². The van der Waals surface area contributed by atoms with Crippen molar-refractivity contribution in [3.8, 4) is 0 Å². The lowest BCUT2D eigenvalue weighted by Crippen LogP contribution is -2.42. The quantitative estimate of drug-likeness (QED) is 0.821. The Hall–Kier alpha value is -2.18. The molecule has 1 N–H and O–H groups in total. The van der Waals surface area contributed by atoms with Gasteiger partial charge in [0.15, 0.2) is 5.82 Å². The van der Waals surface area contributed by atoms with E-state index in [0.717, 1.165) is 11.6 Å². The molecule has 1 aromatic rings. The van der Waals surface area contributed by atoms with Crippen LogP contribution in [0.4, 0.5) is 0 Å². The van der Waals surface area contributed by atoms with Gasteiger partial charge in [-0.15, -0.1) is 10.2 Å². The van der Waals surface area contributed by atoms with Crippen molar-refractivity contribution in [2.24, 2.45) is 13.0 Å². The van der Waals surface area contributed by atoms with Crippen LogP contribution in [0.2, 0.25) is 0 Å². The molecule has 1 aliphatic rings. The molecule has 0 aliphatic carbocycles. The normalized spacial score (nSPS) is 15.7. The smallest absolute Gasteiger partial charge is 0.245 e. The minimum atomic E-state index is -0.0656. The minimum absolute atomic E-state index is 0.0183. The topological polar surface area (TPSA) is 80.1 Å². The van der Waals surface area contributed by atoms with Gasteiger partial charge in [-0.05, 0) is 18.9 Å². The van der Waals surface area contributed by atoms with E-state index in [1.165, 1.54) is 6.08 Å². The Morgan fingerprint density at radius 2 is 2.00 bits per heavy atom. The summed E-state index contributed by atoms with van der Waals surface area (Å²) in [5.74, 6) is 1.85. The van der Waals surface area contributed by atoms with Crippen LogP contribution in [0.3, 0.4) is 0 Å². The molecule has 126 valence electrons. The first-order chi connectivity index (χ1) is 10.9. The second-order valence-corrected chi connectivity index (χ2v) is 6.21. The number of carbonyl (C=O) groups is 2. The average Bonchev–Trinajstić information content (AvgIpc) is 2.93. The molecule has 7 nitrogen and oxygen atoms in total. The van der Waals surface area contributed by atoms with E-state index in [9.17, 15) is 9.59 Å². The molecule has 1 aliphatic heterocycles. The highest BCUT2D eigenvalue weighted by molar-refractivity contribution is 5.87. The van der Waals surface area contributed by atoms with Crippen LogP contribution in [0.5, 0.6) is 0 Å². The number of hydrogen-bond donors (Lipinski definition) is 1. The Labute approximate surface area is 136 Å². The van der Waals surface area contributed by atoms with Crippen molar-refractivity contribution in [3.05, 3.63) is 24.3 Å². The molecule has 0 bridgehead atoms. The minimum Gasteiger partial charge on any atom is -0.349 e. The number of nitrogens with zero attached hydrogens (tertiary/aromatic N) is 4. The molecule has 0 aromatic carbocycles. The van der Waals surface area contributed by atoms with Crippen LogP contribution in [0.15, 0.2) is 12.7 Å². The Morgan fingerprint density at radius 3 is 2.52 bits per heavy atom. The monoisotopic (exact) mass is 319 g/mol. The molecule has 1 aromatic heterocycles. The van der Waals surface area contributed by atoms with E-state index in [-0.39, 0.29) is 17.7 Å². The van der Waals surface area contributed by atoms with Crippen molar-refractivity contribution in [1.82, 2.24) is 25.0 Å². The predicted molar refractivity (Wildman–Crippen MR) is 86.4 cm³/mol. The Kier molecular flexibility index (Phi) is 5.52. The molecule has 1 saturated heterocycles. The Balaban J connectivity index is 1.84. The maximum Gasteiger partial charge on any atom is 0.245 e. The van der Waals surface area contributed by atoms with Gasteiger partial charge < -0.3 is 14.8 Å². The van der Waals surface area contributed by atoms with Gasteiger partial charge in [-0.3, -0.25) is 9.59 Å². The number of piperidine rings is 1. The summed E-state index contributed by atoms with van der Waals surface area (Å²) in [5.41, 5.74) is 0. The summed E-state index contributed by atoms with van der Waals surface area (Å²) >= 11 is 0. The molecular formula is C16H25N5O2. The number of nitrogens with one attached hydrogen (secondary N) is 1. The van der Waals surface area contributed by atoms with E-state index in [1.807, 2.05) is 11.6 Å². The van der Waals surface area contributed by atoms with E-state index in [1.54, 1.807) is 4.90 Å². The molecular weight excluding hydrogens is 294 g/mol. The maximum absolute atomic E-state index is 12.3. The van der Waals surface area contributed by atoms with Gasteiger partial charge in [-0.25, -0.2) is 0 Å². The van der Waals surface area contributed by atoms with Gasteiger partial charge in [0, 0.05) is 32.0 Å². The first kappa shape index (κ1) is 17.2. The number of hydrogen-bond acceptors (Lipinski definition) is 4. The summed E-state index contributed by atoms with van der Waals surface area (Å²) in [5, 5.41) is 11.2. The fourth-order valence-corrected chi connectivity index (χ4v) is 2.83. The van der Waals surface area contributed by atoms with Crippen LogP contribution in [-0.2, 0) is 23.2 Å². The van der Waals surface area contributed by atoms with Crippen molar-refractivity contribution < 1.29 is 9.59 Å². The number of aromatic nitrogens is 3. The highest BCUT2D eigenvalue weighted by Gasteiger charge is 2.26. The van der Waals surface area contributed by atoms with E-state index in [0.29, 0.717) is 38.4 Å². The molecule has 0 atom stereocenters. The van der Waals surface area contributed by atoms with E-state index >= 15 is 0 Å². The fraction of sp³-hybridized carbons (Fsp3) is 0.625. The van der Waals surface area contributed by atoms with Crippen LogP contribution < -0.4 is 5.32 Å². The summed E-state index contributed by atoms with van der Waals surface area (Å²) in [7, 11) is 1.91. The standard InChI is InChI=1S/C16H25N5O2/c1-5-14(22)21-8-6-12(7-9-21)16(23)17-10-13-18-19-15(11(2)3)20(13)4/h5,11-12H,1,6-10H2,2-4H3,(H,17,23). The maximum atomic E-state index is 12.3. The van der Waals surface area contributed by atoms with Gasteiger partial charge in [-0.1, -0.05) is 20.4 Å². The second kappa shape index (κ2) is 7.39. The lowest BCUT2D eigenvalue weighted by Gasteiger charge is -2.30. The summed E-state index contributed by atoms with van der Waals surface area (Å²) in [6.07, 6.45) is 2.68. The zero-order chi connectivity index (χ0) is 17.0. The predicted octanol–water partition coefficient (Wildman–Crippen LogP) is 0.979. The summed E-state index contributed by atoms with van der Waals surface area (Å²) in [6, 6.07) is 0. The fourth-order valence-electron chi connectivity index (χ4n) is 2.83. The van der Waals surface area contributed by atoms with Gasteiger partial charge in [0.05, 0.1) is 6.54 Å². The summed E-state index contributed by atoms with van der Waals surface area (Å²) < 4.78 is 1.93. The molecule has 1 fully saturated rings. The molecule has 0 radical (unpaired) electrons. The molecule has 0 spiro atoms. The molecule has 23 heavy (non-hydrogen) atoms. The highest BCUT2D eigenvalue weighted by Crippen LogP contribution is 2.18. The molecule has 0 saturated carbocycles. The summed E-state index contributed by atoms with van der Waals surface area (Å²) in [4.78, 5) is 25.5. The van der Waals surface area contributed by atoms with Crippen molar-refractivity contribution in [3.63, 3.8) is 0 Å². The van der Waals surface area contributed by atoms with Gasteiger partial charge in [-0.2, -0.15) is 0 Å². The first-order valence-corrected chi connectivity index (χ1v) is 8.01. The van der Waals surface area contributed by atoms with Crippen LogP contribution >= 0.6 is 0 Å². The van der Waals surface area contributed by atoms with E-state index in [4.69, 9.17) is 0 Å². The van der Waals surface area contributed by atoms with Crippen LogP contribution in [0.25, 0.3) is 0 Å². The average molecular weight is 319 g/mol. The summed E-state index contributed by atoms with van der Waals surface area (Å²) in [6.45, 7) is 9.19. The molecule has 2 rings (SSSR count). The third kappa shape index (κ3) is 3.97. The van der Waals surface area contributed by atoms with Crippen LogP contribution in [0, 0.1) is 5.92 Å². The van der Waals surface area contributed by atoms with Gasteiger partial charge in [0.1, 0.15) is 5.82 Å². The number of rotatable bonds is 5. The third-order valence-electron chi connectivity index (χ3n) is 4.29. The number of carbonyl (C=O) groups excluding carboxylic acids is 2. The van der Waals surface area contributed by atoms with Crippen LogP contribution in [0.1, 0.15) is 44.3 Å². The largest absolute Gasteiger partial charge is 0.349 e. The van der Waals surface area contributed by atoms with E-state index in [2.05, 4.69) is 35.9 Å². The lowest BCUT2D eigenvalue weighted by atomic mass is 9.96. The third-order valence-corrected chi connectivity index (χ3v) is 4.29. The van der Waals surface area contributed by atoms with Crippen LogP contribution in [-0.4, -0.2) is 44.6 Å². The van der Waals surface area contributed by atoms with Gasteiger partial charge in [0.25, 0.3) is 0 Å². The second-order valence-electron chi connectivity index (χ2n) is 6.21. The highest BCUT2D eigenvalue weighted by atomic mass is 16.2. The molecule has 7 heteroatoms. The molecule has 0 unspecified atom stereocenters.